The molecule has 1 fully saturated rings. The number of hydrogen-bond donors (Lipinski definition) is 4. The van der Waals surface area contributed by atoms with Crippen LogP contribution < -0.4 is 5.32 Å². The van der Waals surface area contributed by atoms with Gasteiger partial charge < -0.3 is 25.5 Å². The zero-order valence-corrected chi connectivity index (χ0v) is 18.7. The largest absolute Gasteiger partial charge is 0.479 e. The average molecular weight is 475 g/mol. The van der Waals surface area contributed by atoms with E-state index in [1.165, 1.54) is 4.90 Å². The lowest BCUT2D eigenvalue weighted by molar-refractivity contribution is -0.149. The Morgan fingerprint density at radius 3 is 2.48 bits per heavy atom. The van der Waals surface area contributed by atoms with Crippen molar-refractivity contribution in [3.05, 3.63) is 59.1 Å². The number of rotatable bonds is 7. The molecule has 33 heavy (non-hydrogen) atoms. The highest BCUT2D eigenvalue weighted by Gasteiger charge is 2.29. The maximum Gasteiger partial charge on any atom is 0.332 e. The number of carbonyl (C=O) groups is 3. The molecular weight excluding hydrogens is 448 g/mol. The van der Waals surface area contributed by atoms with Gasteiger partial charge in [-0.3, -0.25) is 9.59 Å². The first-order chi connectivity index (χ1) is 15.7. The van der Waals surface area contributed by atoms with E-state index in [1.54, 1.807) is 6.07 Å². The molecule has 0 radical (unpaired) electrons. The number of β-amino-alcohol motifs (C(OH)–C–C–N with tert-alkyl or cyclic N) is 1. The third kappa shape index (κ3) is 7.02. The summed E-state index contributed by atoms with van der Waals surface area (Å²) in [5.74, 6) is -3.07. The zero-order chi connectivity index (χ0) is 24.0. The number of aliphatic carboxylic acids is 1. The summed E-state index contributed by atoms with van der Waals surface area (Å²) in [6.45, 7) is 0.455. The van der Waals surface area contributed by atoms with Crippen molar-refractivity contribution in [2.45, 2.75) is 43.9 Å². The Kier molecular flexibility index (Phi) is 8.43. The molecule has 3 atom stereocenters. The van der Waals surface area contributed by atoms with E-state index in [0.29, 0.717) is 24.4 Å². The number of halogens is 1. The number of amides is 2. The topological polar surface area (TPSA) is 127 Å². The summed E-state index contributed by atoms with van der Waals surface area (Å²) in [6, 6.07) is 14.1. The Bertz CT molecular complexity index is 997. The van der Waals surface area contributed by atoms with Gasteiger partial charge in [-0.05, 0) is 48.1 Å². The number of carbonyl (C=O) groups excluding carboxylic acids is 2. The van der Waals surface area contributed by atoms with Crippen molar-refractivity contribution in [1.82, 2.24) is 10.2 Å². The lowest BCUT2D eigenvalue weighted by Gasteiger charge is -2.30. The molecule has 0 spiro atoms. The zero-order valence-electron chi connectivity index (χ0n) is 18.0. The lowest BCUT2D eigenvalue weighted by atomic mass is 9.97. The van der Waals surface area contributed by atoms with E-state index in [-0.39, 0.29) is 19.4 Å². The van der Waals surface area contributed by atoms with E-state index in [0.717, 1.165) is 16.7 Å². The van der Waals surface area contributed by atoms with Crippen molar-refractivity contribution < 1.29 is 29.7 Å². The predicted molar refractivity (Wildman–Crippen MR) is 123 cm³/mol. The molecule has 2 aromatic carbocycles. The first kappa shape index (κ1) is 24.7. The molecule has 8 nitrogen and oxygen atoms in total. The van der Waals surface area contributed by atoms with E-state index >= 15 is 0 Å². The molecule has 0 bridgehead atoms. The molecule has 2 aromatic rings. The predicted octanol–water partition coefficient (Wildman–Crippen LogP) is 1.85. The standard InChI is InChI=1S/C24H27ClN2O6/c25-18-4-1-3-17(12-18)16-8-6-15(7-9-16)11-19(13-21(29)24(32)33)26-22(30)23(31)27-10-2-5-20(28)14-27/h1,3-4,6-9,12,19-21,28-29H,2,5,10-11,13-14H2,(H,26,30)(H,32,33)/t19-,20?,21-/m1/s1. The summed E-state index contributed by atoms with van der Waals surface area (Å²) in [6.07, 6.45) is -1.22. The molecule has 0 aliphatic carbocycles. The maximum atomic E-state index is 12.5. The van der Waals surface area contributed by atoms with Gasteiger partial charge in [0.05, 0.1) is 6.10 Å². The van der Waals surface area contributed by atoms with Crippen molar-refractivity contribution in [2.24, 2.45) is 0 Å². The van der Waals surface area contributed by atoms with Gasteiger partial charge >= 0.3 is 17.8 Å². The van der Waals surface area contributed by atoms with Crippen LogP contribution in [0.4, 0.5) is 0 Å². The van der Waals surface area contributed by atoms with Gasteiger partial charge in [-0.2, -0.15) is 0 Å². The van der Waals surface area contributed by atoms with Crippen LogP contribution in [0.3, 0.4) is 0 Å². The van der Waals surface area contributed by atoms with Crippen LogP contribution in [0.25, 0.3) is 11.1 Å². The molecule has 0 saturated carbocycles. The molecule has 1 aliphatic rings. The maximum absolute atomic E-state index is 12.5. The van der Waals surface area contributed by atoms with E-state index in [2.05, 4.69) is 5.32 Å². The number of piperidine rings is 1. The van der Waals surface area contributed by atoms with Crippen molar-refractivity contribution in [3.63, 3.8) is 0 Å². The smallest absolute Gasteiger partial charge is 0.332 e. The van der Waals surface area contributed by atoms with Gasteiger partial charge in [0.1, 0.15) is 0 Å². The van der Waals surface area contributed by atoms with Crippen LogP contribution in [0.2, 0.25) is 5.02 Å². The Morgan fingerprint density at radius 1 is 1.12 bits per heavy atom. The summed E-state index contributed by atoms with van der Waals surface area (Å²) >= 11 is 6.05. The Balaban J connectivity index is 1.70. The van der Waals surface area contributed by atoms with E-state index in [1.807, 2.05) is 42.5 Å². The van der Waals surface area contributed by atoms with Crippen molar-refractivity contribution in [1.29, 1.82) is 0 Å². The highest BCUT2D eigenvalue weighted by Crippen LogP contribution is 2.23. The van der Waals surface area contributed by atoms with Crippen LogP contribution in [0.15, 0.2) is 48.5 Å². The first-order valence-electron chi connectivity index (χ1n) is 10.8. The minimum atomic E-state index is -1.69. The molecular formula is C24H27ClN2O6. The molecule has 2 amide bonds. The van der Waals surface area contributed by atoms with Crippen LogP contribution in [-0.4, -0.2) is 69.3 Å². The number of nitrogens with one attached hydrogen (secondary N) is 1. The molecule has 1 heterocycles. The van der Waals surface area contributed by atoms with Crippen LogP contribution in [-0.2, 0) is 20.8 Å². The second-order valence-corrected chi connectivity index (χ2v) is 8.66. The highest BCUT2D eigenvalue weighted by molar-refractivity contribution is 6.35. The van der Waals surface area contributed by atoms with Crippen LogP contribution in [0, 0.1) is 0 Å². The van der Waals surface area contributed by atoms with Crippen molar-refractivity contribution in [3.8, 4) is 11.1 Å². The number of benzene rings is 2. The normalized spacial score (nSPS) is 17.8. The molecule has 1 unspecified atom stereocenters. The quantitative estimate of drug-likeness (QED) is 0.453. The fraction of sp³-hybridized carbons (Fsp3) is 0.375. The fourth-order valence-corrected chi connectivity index (χ4v) is 4.07. The van der Waals surface area contributed by atoms with Gasteiger partial charge in [0.25, 0.3) is 0 Å². The second kappa shape index (κ2) is 11.3. The first-order valence-corrected chi connectivity index (χ1v) is 11.1. The molecule has 4 N–H and O–H groups in total. The van der Waals surface area contributed by atoms with E-state index in [9.17, 15) is 24.6 Å². The fourth-order valence-electron chi connectivity index (χ4n) is 3.88. The molecule has 1 aliphatic heterocycles. The SMILES string of the molecule is O=C(N[C@H](Cc1ccc(-c2cccc(Cl)c2)cc1)C[C@@H](O)C(=O)O)C(=O)N1CCCC(O)C1. The number of carboxylic acid groups (broad SMARTS) is 1. The van der Waals surface area contributed by atoms with E-state index < -0.39 is 36.0 Å². The van der Waals surface area contributed by atoms with Crippen LogP contribution in [0.5, 0.6) is 0 Å². The minimum Gasteiger partial charge on any atom is -0.479 e. The summed E-state index contributed by atoms with van der Waals surface area (Å²) in [5.41, 5.74) is 2.67. The molecule has 176 valence electrons. The number of hydrogen-bond acceptors (Lipinski definition) is 5. The third-order valence-corrected chi connectivity index (χ3v) is 5.84. The lowest BCUT2D eigenvalue weighted by Crippen LogP contribution is -2.51. The monoisotopic (exact) mass is 474 g/mol. The summed E-state index contributed by atoms with van der Waals surface area (Å²) in [4.78, 5) is 37.5. The Labute approximate surface area is 196 Å². The molecule has 0 aromatic heterocycles. The number of carboxylic acids is 1. The third-order valence-electron chi connectivity index (χ3n) is 5.60. The second-order valence-electron chi connectivity index (χ2n) is 8.22. The number of aliphatic hydroxyl groups excluding tert-OH is 2. The van der Waals surface area contributed by atoms with Crippen molar-refractivity contribution in [2.75, 3.05) is 13.1 Å². The van der Waals surface area contributed by atoms with Gasteiger partial charge in [-0.25, -0.2) is 4.79 Å². The van der Waals surface area contributed by atoms with Gasteiger partial charge in [-0.15, -0.1) is 0 Å². The van der Waals surface area contributed by atoms with Crippen molar-refractivity contribution >= 4 is 29.4 Å². The van der Waals surface area contributed by atoms with Gasteiger partial charge in [0.2, 0.25) is 0 Å². The van der Waals surface area contributed by atoms with Crippen LogP contribution >= 0.6 is 11.6 Å². The Morgan fingerprint density at radius 2 is 1.85 bits per heavy atom. The summed E-state index contributed by atoms with van der Waals surface area (Å²) in [7, 11) is 0. The highest BCUT2D eigenvalue weighted by atomic mass is 35.5. The number of nitrogens with zero attached hydrogens (tertiary/aromatic N) is 1. The number of aliphatic hydroxyl groups is 2. The average Bonchev–Trinajstić information content (AvgIpc) is 2.78. The van der Waals surface area contributed by atoms with E-state index in [4.69, 9.17) is 16.7 Å². The molecule has 3 rings (SSSR count). The van der Waals surface area contributed by atoms with Crippen LogP contribution in [0.1, 0.15) is 24.8 Å². The molecule has 1 saturated heterocycles. The van der Waals surface area contributed by atoms with Gasteiger partial charge in [-0.1, -0.05) is 48.0 Å². The van der Waals surface area contributed by atoms with Gasteiger partial charge in [0, 0.05) is 30.6 Å². The van der Waals surface area contributed by atoms with Gasteiger partial charge in [0.15, 0.2) is 6.10 Å². The molecule has 9 heteroatoms. The number of likely N-dealkylation sites (tertiary alicyclic amines) is 1. The summed E-state index contributed by atoms with van der Waals surface area (Å²) < 4.78 is 0. The minimum absolute atomic E-state index is 0.0830. The summed E-state index contributed by atoms with van der Waals surface area (Å²) in [5, 5.41) is 31.9. The Hall–Kier alpha value is -2.94.